The van der Waals surface area contributed by atoms with Crippen LogP contribution in [0.4, 0.5) is 0 Å². The number of hydrogen-bond acceptors (Lipinski definition) is 5. The summed E-state index contributed by atoms with van der Waals surface area (Å²) in [5.74, 6) is 1.52. The molecule has 152 valence electrons. The maximum atomic E-state index is 12.4. The molecule has 1 aromatic carbocycles. The van der Waals surface area contributed by atoms with Gasteiger partial charge in [0.2, 0.25) is 0 Å². The Morgan fingerprint density at radius 2 is 1.89 bits per heavy atom. The highest BCUT2D eigenvalue weighted by molar-refractivity contribution is 7.91. The Bertz CT molecular complexity index is 845. The van der Waals surface area contributed by atoms with Crippen LogP contribution in [0.3, 0.4) is 0 Å². The summed E-state index contributed by atoms with van der Waals surface area (Å²) >= 11 is 0. The van der Waals surface area contributed by atoms with E-state index < -0.39 is 9.84 Å². The molecule has 3 rings (SSSR count). The normalized spacial score (nSPS) is 16.8. The first kappa shape index (κ1) is 20.4. The van der Waals surface area contributed by atoms with Crippen LogP contribution in [-0.4, -0.2) is 58.3 Å². The molecule has 2 N–H and O–H groups in total. The van der Waals surface area contributed by atoms with Gasteiger partial charge in [-0.25, -0.2) is 8.42 Å². The molecule has 0 aliphatic carbocycles. The molecular formula is C20H28N4O3S. The molecule has 7 nitrogen and oxygen atoms in total. The fourth-order valence-corrected chi connectivity index (χ4v) is 4.59. The number of guanidine groups is 1. The highest BCUT2D eigenvalue weighted by Gasteiger charge is 2.25. The highest BCUT2D eigenvalue weighted by atomic mass is 32.2. The van der Waals surface area contributed by atoms with Gasteiger partial charge in [-0.3, -0.25) is 9.89 Å². The number of nitrogens with one attached hydrogen (secondary N) is 2. The lowest BCUT2D eigenvalue weighted by Gasteiger charge is -2.26. The lowest BCUT2D eigenvalue weighted by atomic mass is 10.2. The first-order chi connectivity index (χ1) is 13.6. The topological polar surface area (TPSA) is 86.9 Å². The Kier molecular flexibility index (Phi) is 7.11. The van der Waals surface area contributed by atoms with Gasteiger partial charge < -0.3 is 15.1 Å². The third-order valence-electron chi connectivity index (χ3n) is 4.91. The number of hydrogen-bond donors (Lipinski definition) is 2. The Morgan fingerprint density at radius 1 is 1.14 bits per heavy atom. The summed E-state index contributed by atoms with van der Waals surface area (Å²) in [6, 6.07) is 12.5. The average Bonchev–Trinajstić information content (AvgIpc) is 3.42. The molecule has 8 heteroatoms. The van der Waals surface area contributed by atoms with Crippen molar-refractivity contribution < 1.29 is 12.8 Å². The summed E-state index contributed by atoms with van der Waals surface area (Å²) in [5.41, 5.74) is 0. The minimum Gasteiger partial charge on any atom is -0.468 e. The second-order valence-electron chi connectivity index (χ2n) is 6.79. The van der Waals surface area contributed by atoms with Crippen LogP contribution in [0.1, 0.15) is 24.6 Å². The Hall–Kier alpha value is -2.32. The van der Waals surface area contributed by atoms with E-state index in [0.717, 1.165) is 18.8 Å². The van der Waals surface area contributed by atoms with Crippen LogP contribution < -0.4 is 10.6 Å². The lowest BCUT2D eigenvalue weighted by molar-refractivity contribution is 0.215. The Labute approximate surface area is 166 Å². The van der Waals surface area contributed by atoms with E-state index in [1.165, 1.54) is 12.8 Å². The van der Waals surface area contributed by atoms with Crippen LogP contribution in [0.15, 0.2) is 63.0 Å². The summed E-state index contributed by atoms with van der Waals surface area (Å²) in [4.78, 5) is 6.95. The zero-order chi connectivity index (χ0) is 19.8. The fraction of sp³-hybridized carbons (Fsp3) is 0.450. The summed E-state index contributed by atoms with van der Waals surface area (Å²) < 4.78 is 30.4. The van der Waals surface area contributed by atoms with Gasteiger partial charge in [0.05, 0.1) is 23.0 Å². The second-order valence-corrected chi connectivity index (χ2v) is 8.90. The van der Waals surface area contributed by atoms with Crippen molar-refractivity contribution in [2.24, 2.45) is 4.99 Å². The molecule has 2 heterocycles. The van der Waals surface area contributed by atoms with Crippen LogP contribution in [0, 0.1) is 0 Å². The number of aliphatic imine (C=N–C) groups is 1. The number of rotatable bonds is 8. The van der Waals surface area contributed by atoms with E-state index in [1.807, 2.05) is 12.1 Å². The van der Waals surface area contributed by atoms with Crippen molar-refractivity contribution in [3.8, 4) is 0 Å². The molecule has 2 aromatic rings. The second kappa shape index (κ2) is 9.75. The standard InChI is InChI=1S/C20H28N4O3S/c1-21-20(22-11-15-28(25,26)17-8-3-2-4-9-17)23-16-18(19-10-7-14-27-19)24-12-5-6-13-24/h2-4,7-10,14,18H,5-6,11-13,15-16H2,1H3,(H2,21,22,23). The van der Waals surface area contributed by atoms with Gasteiger partial charge in [-0.15, -0.1) is 0 Å². The van der Waals surface area contributed by atoms with Gasteiger partial charge in [0.25, 0.3) is 0 Å². The molecule has 1 aliphatic heterocycles. The maximum Gasteiger partial charge on any atom is 0.191 e. The number of benzene rings is 1. The van der Waals surface area contributed by atoms with E-state index >= 15 is 0 Å². The van der Waals surface area contributed by atoms with Gasteiger partial charge in [-0.1, -0.05) is 18.2 Å². The van der Waals surface area contributed by atoms with Crippen molar-refractivity contribution in [3.63, 3.8) is 0 Å². The summed E-state index contributed by atoms with van der Waals surface area (Å²) in [6.07, 6.45) is 4.09. The fourth-order valence-electron chi connectivity index (χ4n) is 3.41. The molecule has 0 spiro atoms. The largest absolute Gasteiger partial charge is 0.468 e. The van der Waals surface area contributed by atoms with E-state index in [0.29, 0.717) is 17.4 Å². The van der Waals surface area contributed by atoms with Gasteiger partial charge >= 0.3 is 0 Å². The molecule has 28 heavy (non-hydrogen) atoms. The zero-order valence-corrected chi connectivity index (χ0v) is 17.0. The van der Waals surface area contributed by atoms with Gasteiger partial charge in [-0.05, 0) is 50.2 Å². The van der Waals surface area contributed by atoms with Crippen LogP contribution in [0.2, 0.25) is 0 Å². The van der Waals surface area contributed by atoms with Gasteiger partial charge in [-0.2, -0.15) is 0 Å². The van der Waals surface area contributed by atoms with Crippen molar-refractivity contribution in [1.82, 2.24) is 15.5 Å². The van der Waals surface area contributed by atoms with E-state index in [9.17, 15) is 8.42 Å². The molecule has 0 radical (unpaired) electrons. The predicted octanol–water partition coefficient (Wildman–Crippen LogP) is 2.06. The first-order valence-corrected chi connectivity index (χ1v) is 11.2. The average molecular weight is 405 g/mol. The molecule has 1 fully saturated rings. The number of likely N-dealkylation sites (tertiary alicyclic amines) is 1. The molecular weight excluding hydrogens is 376 g/mol. The predicted molar refractivity (Wildman–Crippen MR) is 110 cm³/mol. The van der Waals surface area contributed by atoms with Crippen LogP contribution in [-0.2, 0) is 9.84 Å². The summed E-state index contributed by atoms with van der Waals surface area (Å²) in [6.45, 7) is 3.02. The van der Waals surface area contributed by atoms with Crippen molar-refractivity contribution in [2.75, 3.05) is 39.0 Å². The number of nitrogens with zero attached hydrogens (tertiary/aromatic N) is 2. The Morgan fingerprint density at radius 3 is 2.54 bits per heavy atom. The van der Waals surface area contributed by atoms with E-state index in [1.54, 1.807) is 43.6 Å². The number of furan rings is 1. The van der Waals surface area contributed by atoms with Crippen LogP contribution >= 0.6 is 0 Å². The molecule has 0 saturated carbocycles. The van der Waals surface area contributed by atoms with Crippen LogP contribution in [0.25, 0.3) is 0 Å². The van der Waals surface area contributed by atoms with E-state index in [4.69, 9.17) is 4.42 Å². The minimum atomic E-state index is -3.31. The van der Waals surface area contributed by atoms with Crippen molar-refractivity contribution in [2.45, 2.75) is 23.8 Å². The van der Waals surface area contributed by atoms with Crippen molar-refractivity contribution in [1.29, 1.82) is 0 Å². The van der Waals surface area contributed by atoms with Gasteiger partial charge in [0.15, 0.2) is 15.8 Å². The quantitative estimate of drug-likeness (QED) is 0.517. The minimum absolute atomic E-state index is 0.00541. The van der Waals surface area contributed by atoms with E-state index in [2.05, 4.69) is 20.5 Å². The summed E-state index contributed by atoms with van der Waals surface area (Å²) in [7, 11) is -1.63. The van der Waals surface area contributed by atoms with Gasteiger partial charge in [0.1, 0.15) is 5.76 Å². The molecule has 1 aliphatic rings. The molecule has 0 amide bonds. The number of sulfone groups is 1. The third-order valence-corrected chi connectivity index (χ3v) is 6.64. The molecule has 1 atom stereocenters. The molecule has 1 aromatic heterocycles. The van der Waals surface area contributed by atoms with Crippen molar-refractivity contribution >= 4 is 15.8 Å². The highest BCUT2D eigenvalue weighted by Crippen LogP contribution is 2.24. The van der Waals surface area contributed by atoms with Crippen LogP contribution in [0.5, 0.6) is 0 Å². The SMILES string of the molecule is CN=C(NCCS(=O)(=O)c1ccccc1)NCC(c1ccco1)N1CCCC1. The maximum absolute atomic E-state index is 12.4. The first-order valence-electron chi connectivity index (χ1n) is 9.60. The monoisotopic (exact) mass is 404 g/mol. The van der Waals surface area contributed by atoms with E-state index in [-0.39, 0.29) is 18.3 Å². The summed E-state index contributed by atoms with van der Waals surface area (Å²) in [5, 5.41) is 6.40. The van der Waals surface area contributed by atoms with Gasteiger partial charge in [0, 0.05) is 20.1 Å². The Balaban J connectivity index is 1.52. The molecule has 0 bridgehead atoms. The molecule has 1 saturated heterocycles. The zero-order valence-electron chi connectivity index (χ0n) is 16.2. The third kappa shape index (κ3) is 5.36. The lowest BCUT2D eigenvalue weighted by Crippen LogP contribution is -2.43. The molecule has 1 unspecified atom stereocenters. The smallest absolute Gasteiger partial charge is 0.191 e. The van der Waals surface area contributed by atoms with Crippen molar-refractivity contribution in [3.05, 3.63) is 54.5 Å².